The number of carbonyl (C=O) groups is 1. The Balaban J connectivity index is 1.63. The van der Waals surface area contributed by atoms with Crippen LogP contribution in [0, 0.1) is 29.1 Å². The van der Waals surface area contributed by atoms with Gasteiger partial charge in [-0.3, -0.25) is 4.79 Å². The molecule has 0 saturated heterocycles. The number of hydrogen-bond acceptors (Lipinski definition) is 3. The molecule has 0 radical (unpaired) electrons. The van der Waals surface area contributed by atoms with E-state index in [1.54, 1.807) is 14.0 Å². The molecule has 1 aromatic rings. The first-order chi connectivity index (χ1) is 16.5. The first kappa shape index (κ1) is 18.2. The number of hydrogen-bond donors (Lipinski definition) is 1. The summed E-state index contributed by atoms with van der Waals surface area (Å²) in [4.78, 5) is 13.5. The van der Waals surface area contributed by atoms with Crippen molar-refractivity contribution in [1.29, 1.82) is 0 Å². The maximum Gasteiger partial charge on any atom is 0.156 e. The van der Waals surface area contributed by atoms with Crippen LogP contribution < -0.4 is 4.90 Å². The second-order valence-electron chi connectivity index (χ2n) is 10.4. The summed E-state index contributed by atoms with van der Waals surface area (Å²) in [6, 6.07) is 7.91. The second-order valence-corrected chi connectivity index (χ2v) is 10.4. The maximum absolute atomic E-state index is 12.2. The molecule has 3 heteroatoms. The molecule has 0 bridgehead atoms. The Hall–Kier alpha value is -2.31. The first-order valence-electron chi connectivity index (χ1n) is 13.5. The summed E-state index contributed by atoms with van der Waals surface area (Å²) >= 11 is 0. The second kappa shape index (κ2) is 7.63. The molecule has 0 unspecified atom stereocenters. The predicted molar refractivity (Wildman–Crippen MR) is 129 cm³/mol. The molecule has 4 aliphatic carbocycles. The number of aliphatic hydroxyl groups is 1. The summed E-state index contributed by atoms with van der Waals surface area (Å²) < 4.78 is 23.2. The summed E-state index contributed by atoms with van der Waals surface area (Å²) in [5.74, 6) is 7.28. The van der Waals surface area contributed by atoms with Gasteiger partial charge in [0.2, 0.25) is 0 Å². The molecule has 2 saturated carbocycles. The van der Waals surface area contributed by atoms with Crippen LogP contribution in [0.1, 0.15) is 74.4 Å². The number of allylic oxidation sites excluding steroid dienone is 4. The van der Waals surface area contributed by atoms with E-state index in [1.807, 2.05) is 18.2 Å². The highest BCUT2D eigenvalue weighted by atomic mass is 16.3. The van der Waals surface area contributed by atoms with Gasteiger partial charge in [0.25, 0.3) is 0 Å². The lowest BCUT2D eigenvalue weighted by atomic mass is 9.51. The van der Waals surface area contributed by atoms with Crippen molar-refractivity contribution in [2.24, 2.45) is 17.3 Å². The molecule has 1 aromatic carbocycles. The lowest BCUT2D eigenvalue weighted by molar-refractivity contribution is -0.114. The molecule has 0 amide bonds. The van der Waals surface area contributed by atoms with Crippen molar-refractivity contribution in [3.8, 4) is 11.8 Å². The molecule has 4 aliphatic rings. The Labute approximate surface area is 196 Å². The Morgan fingerprint density at radius 1 is 1.19 bits per heavy atom. The summed E-state index contributed by atoms with van der Waals surface area (Å²) in [6.07, 6.45) is 7.63. The Kier molecular flexibility index (Phi) is 4.33. The molecule has 32 heavy (non-hydrogen) atoms. The smallest absolute Gasteiger partial charge is 0.156 e. The van der Waals surface area contributed by atoms with E-state index in [0.717, 1.165) is 37.7 Å². The minimum atomic E-state index is -2.19. The average Bonchev–Trinajstić information content (AvgIpc) is 3.07. The standard InChI is InChI=1S/C29H35NO2/c1-5-15-29(32)16-14-26-24-12-8-20-17-22(31)11-13-23(20)27(24)25(18-28(26,29)2)19-6-9-21(10-7-19)30(3)4/h6-7,9-10,17,24-26,32H,8,11-14,16,18H2,1-4H3/t24-,25+,26-,28-,29-/m1/s1/i3D3. The molecule has 5 rings (SSSR count). The van der Waals surface area contributed by atoms with Crippen LogP contribution in [0.4, 0.5) is 5.69 Å². The predicted octanol–water partition coefficient (Wildman–Crippen LogP) is 5.41. The van der Waals surface area contributed by atoms with Gasteiger partial charge in [0.1, 0.15) is 5.60 Å². The van der Waals surface area contributed by atoms with Crippen LogP contribution >= 0.6 is 0 Å². The van der Waals surface area contributed by atoms with Crippen molar-refractivity contribution in [2.45, 2.75) is 70.3 Å². The number of fused-ring (bicyclic) bond motifs is 4. The molecule has 0 aromatic heterocycles. The third kappa shape index (κ3) is 3.11. The fraction of sp³-hybridized carbons (Fsp3) is 0.552. The minimum absolute atomic E-state index is 0.114. The number of rotatable bonds is 2. The van der Waals surface area contributed by atoms with Gasteiger partial charge in [0.05, 0.1) is 0 Å². The highest BCUT2D eigenvalue weighted by Crippen LogP contribution is 2.66. The summed E-state index contributed by atoms with van der Waals surface area (Å²) in [6.45, 7) is 1.84. The number of nitrogens with zero attached hydrogens (tertiary/aromatic N) is 1. The van der Waals surface area contributed by atoms with E-state index in [1.165, 1.54) is 21.6 Å². The van der Waals surface area contributed by atoms with Gasteiger partial charge in [-0.25, -0.2) is 0 Å². The van der Waals surface area contributed by atoms with Crippen molar-refractivity contribution in [2.75, 3.05) is 18.9 Å². The fourth-order valence-corrected chi connectivity index (χ4v) is 7.31. The number of benzene rings is 1. The lowest BCUT2D eigenvalue weighted by Gasteiger charge is -2.53. The highest BCUT2D eigenvalue weighted by Gasteiger charge is 2.62. The third-order valence-corrected chi connectivity index (χ3v) is 8.90. The van der Waals surface area contributed by atoms with Crippen LogP contribution in [0.3, 0.4) is 0 Å². The van der Waals surface area contributed by atoms with E-state index in [4.69, 9.17) is 4.11 Å². The fourth-order valence-electron chi connectivity index (χ4n) is 7.31. The van der Waals surface area contributed by atoms with Crippen molar-refractivity contribution in [1.82, 2.24) is 0 Å². The van der Waals surface area contributed by atoms with Crippen molar-refractivity contribution < 1.29 is 14.0 Å². The van der Waals surface area contributed by atoms with Gasteiger partial charge in [0, 0.05) is 41.6 Å². The van der Waals surface area contributed by atoms with Gasteiger partial charge >= 0.3 is 0 Å². The number of ketones is 1. The van der Waals surface area contributed by atoms with Gasteiger partial charge < -0.3 is 10.0 Å². The molecule has 0 heterocycles. The van der Waals surface area contributed by atoms with Crippen molar-refractivity contribution in [3.05, 3.63) is 52.6 Å². The van der Waals surface area contributed by atoms with Crippen molar-refractivity contribution in [3.63, 3.8) is 0 Å². The Bertz CT molecular complexity index is 1170. The summed E-state index contributed by atoms with van der Waals surface area (Å²) in [5, 5.41) is 11.8. The van der Waals surface area contributed by atoms with Crippen molar-refractivity contribution >= 4 is 11.5 Å². The van der Waals surface area contributed by atoms with Gasteiger partial charge in [-0.05, 0) is 92.2 Å². The molecule has 0 aliphatic heterocycles. The summed E-state index contributed by atoms with van der Waals surface area (Å²) in [7, 11) is 1.59. The van der Waals surface area contributed by atoms with E-state index < -0.39 is 12.6 Å². The molecule has 3 nitrogen and oxygen atoms in total. The van der Waals surface area contributed by atoms with Gasteiger partial charge in [-0.2, -0.15) is 0 Å². The van der Waals surface area contributed by atoms with E-state index >= 15 is 0 Å². The molecule has 1 N–H and O–H groups in total. The number of carbonyl (C=O) groups excluding carboxylic acids is 1. The SMILES string of the molecule is [2H]C([2H])([2H])N(C)c1ccc([C@@H]2C[C@]3(C)[C@H](CC[C@]3(O)C#CC)[C@H]3CCC4=CC(=O)CCC4=C23)cc1. The minimum Gasteiger partial charge on any atom is -0.378 e. The van der Waals surface area contributed by atoms with Gasteiger partial charge in [-0.1, -0.05) is 30.6 Å². The van der Waals surface area contributed by atoms with Crippen LogP contribution in [0.15, 0.2) is 47.1 Å². The molecule has 2 fully saturated rings. The topological polar surface area (TPSA) is 40.5 Å². The van der Waals surface area contributed by atoms with E-state index in [9.17, 15) is 9.90 Å². The Morgan fingerprint density at radius 3 is 2.69 bits per heavy atom. The van der Waals surface area contributed by atoms with Crippen LogP contribution in [0.25, 0.3) is 0 Å². The van der Waals surface area contributed by atoms with E-state index in [-0.39, 0.29) is 17.1 Å². The van der Waals surface area contributed by atoms with E-state index in [0.29, 0.717) is 30.4 Å². The zero-order valence-corrected chi connectivity index (χ0v) is 19.4. The van der Waals surface area contributed by atoms with Crippen LogP contribution in [0.5, 0.6) is 0 Å². The van der Waals surface area contributed by atoms with Gasteiger partial charge in [-0.15, -0.1) is 5.92 Å². The monoisotopic (exact) mass is 432 g/mol. The highest BCUT2D eigenvalue weighted by molar-refractivity contribution is 5.93. The third-order valence-electron chi connectivity index (χ3n) is 8.90. The first-order valence-corrected chi connectivity index (χ1v) is 12.0. The molecular formula is C29H35NO2. The van der Waals surface area contributed by atoms with Gasteiger partial charge in [0.15, 0.2) is 5.78 Å². The molecule has 5 atom stereocenters. The molecular weight excluding hydrogens is 394 g/mol. The quantitative estimate of drug-likeness (QED) is 0.636. The average molecular weight is 433 g/mol. The lowest BCUT2D eigenvalue weighted by Crippen LogP contribution is -2.51. The normalized spacial score (nSPS) is 37.6. The zero-order chi connectivity index (χ0) is 25.2. The van der Waals surface area contributed by atoms with E-state index in [2.05, 4.69) is 30.9 Å². The molecule has 168 valence electrons. The van der Waals surface area contributed by atoms with Crippen LogP contribution in [0.2, 0.25) is 0 Å². The molecule has 0 spiro atoms. The Morgan fingerprint density at radius 2 is 1.97 bits per heavy atom. The maximum atomic E-state index is 12.2. The zero-order valence-electron chi connectivity index (χ0n) is 22.4. The van der Waals surface area contributed by atoms with Crippen LogP contribution in [-0.2, 0) is 4.79 Å². The largest absolute Gasteiger partial charge is 0.378 e. The summed E-state index contributed by atoms with van der Waals surface area (Å²) in [5.41, 5.74) is 4.52. The number of anilines is 1. The van der Waals surface area contributed by atoms with Crippen LogP contribution in [-0.4, -0.2) is 30.5 Å².